The second-order valence-corrected chi connectivity index (χ2v) is 3.23. The first kappa shape index (κ1) is 9.51. The first-order chi connectivity index (χ1) is 7.11. The normalized spacial score (nSPS) is 12.6. The number of nitrogens with zero attached hydrogens (tertiary/aromatic N) is 1. The Morgan fingerprint density at radius 2 is 2.27 bits per heavy atom. The third-order valence-corrected chi connectivity index (χ3v) is 2.15. The van der Waals surface area contributed by atoms with Gasteiger partial charge < -0.3 is 9.47 Å². The van der Waals surface area contributed by atoms with E-state index in [2.05, 4.69) is 6.58 Å². The topological polar surface area (TPSA) is 61.6 Å². The van der Waals surface area contributed by atoms with Gasteiger partial charge in [0.2, 0.25) is 18.3 Å². The van der Waals surface area contributed by atoms with Crippen LogP contribution in [0.2, 0.25) is 0 Å². The Labute approximate surface area is 86.1 Å². The van der Waals surface area contributed by atoms with Gasteiger partial charge in [-0.1, -0.05) is 6.58 Å². The fourth-order valence-electron chi connectivity index (χ4n) is 1.48. The number of benzene rings is 1. The van der Waals surface area contributed by atoms with Crippen molar-refractivity contribution < 1.29 is 14.4 Å². The van der Waals surface area contributed by atoms with Gasteiger partial charge in [-0.25, -0.2) is 0 Å². The van der Waals surface area contributed by atoms with E-state index in [1.807, 2.05) is 0 Å². The number of nitro groups is 1. The van der Waals surface area contributed by atoms with Gasteiger partial charge in [0, 0.05) is 5.56 Å². The van der Waals surface area contributed by atoms with Crippen LogP contribution in [0.4, 0.5) is 5.69 Å². The Kier molecular flexibility index (Phi) is 2.07. The third kappa shape index (κ3) is 1.41. The zero-order valence-electron chi connectivity index (χ0n) is 8.15. The molecule has 0 fully saturated rings. The Bertz CT molecular complexity index is 453. The van der Waals surface area contributed by atoms with Crippen molar-refractivity contribution in [2.75, 3.05) is 6.79 Å². The highest BCUT2D eigenvalue weighted by molar-refractivity contribution is 5.75. The van der Waals surface area contributed by atoms with Gasteiger partial charge >= 0.3 is 5.69 Å². The van der Waals surface area contributed by atoms with Gasteiger partial charge in [0.25, 0.3) is 0 Å². The fourth-order valence-corrected chi connectivity index (χ4v) is 1.48. The first-order valence-electron chi connectivity index (χ1n) is 4.34. The largest absolute Gasteiger partial charge is 0.450 e. The maximum absolute atomic E-state index is 10.8. The Balaban J connectivity index is 2.69. The lowest BCUT2D eigenvalue weighted by molar-refractivity contribution is -0.388. The number of nitro benzene ring substituents is 1. The fraction of sp³-hybridized carbons (Fsp3) is 0.200. The van der Waals surface area contributed by atoms with Crippen molar-refractivity contribution in [2.45, 2.75) is 6.92 Å². The van der Waals surface area contributed by atoms with E-state index in [4.69, 9.17) is 9.47 Å². The van der Waals surface area contributed by atoms with E-state index in [9.17, 15) is 10.1 Å². The van der Waals surface area contributed by atoms with Crippen LogP contribution in [0, 0.1) is 10.1 Å². The van der Waals surface area contributed by atoms with E-state index in [1.54, 1.807) is 19.1 Å². The van der Waals surface area contributed by atoms with Crippen LogP contribution in [0.25, 0.3) is 5.57 Å². The lowest BCUT2D eigenvalue weighted by Crippen LogP contribution is -2.15. The van der Waals surface area contributed by atoms with Gasteiger partial charge in [0.15, 0.2) is 0 Å². The van der Waals surface area contributed by atoms with Gasteiger partial charge in [0.05, 0.1) is 4.92 Å². The summed E-state index contributed by atoms with van der Waals surface area (Å²) in [5.41, 5.74) is 1.25. The van der Waals surface area contributed by atoms with E-state index in [0.717, 1.165) is 5.57 Å². The second kappa shape index (κ2) is 3.27. The maximum atomic E-state index is 10.8. The zero-order chi connectivity index (χ0) is 11.0. The minimum Gasteiger partial charge on any atom is -0.450 e. The summed E-state index contributed by atoms with van der Waals surface area (Å²) >= 11 is 0. The molecule has 1 aliphatic rings. The van der Waals surface area contributed by atoms with Crippen LogP contribution in [-0.4, -0.2) is 11.7 Å². The lowest BCUT2D eigenvalue weighted by Gasteiger charge is -2.19. The highest BCUT2D eigenvalue weighted by Gasteiger charge is 2.29. The zero-order valence-corrected chi connectivity index (χ0v) is 8.15. The second-order valence-electron chi connectivity index (χ2n) is 3.23. The van der Waals surface area contributed by atoms with Gasteiger partial charge in [-0.3, -0.25) is 10.1 Å². The SMILES string of the molecule is C=C(C)c1ccc2c([N+](=O)[O-])c1OCO2. The molecule has 1 aromatic carbocycles. The molecule has 0 radical (unpaired) electrons. The minimum absolute atomic E-state index is 0.00310. The molecule has 0 spiro atoms. The van der Waals surface area contributed by atoms with Gasteiger partial charge in [-0.05, 0) is 24.6 Å². The van der Waals surface area contributed by atoms with Crippen molar-refractivity contribution in [1.82, 2.24) is 0 Å². The maximum Gasteiger partial charge on any atom is 0.353 e. The summed E-state index contributed by atoms with van der Waals surface area (Å²) in [5, 5.41) is 10.8. The van der Waals surface area contributed by atoms with Gasteiger partial charge in [-0.2, -0.15) is 0 Å². The van der Waals surface area contributed by atoms with E-state index in [0.29, 0.717) is 5.56 Å². The van der Waals surface area contributed by atoms with Crippen LogP contribution >= 0.6 is 0 Å². The Morgan fingerprint density at radius 1 is 1.53 bits per heavy atom. The highest BCUT2D eigenvalue weighted by atomic mass is 16.7. The average molecular weight is 207 g/mol. The number of hydrogen-bond donors (Lipinski definition) is 0. The number of rotatable bonds is 2. The number of ether oxygens (including phenoxy) is 2. The van der Waals surface area contributed by atoms with E-state index >= 15 is 0 Å². The minimum atomic E-state index is -0.504. The molecule has 0 atom stereocenters. The molecular weight excluding hydrogens is 198 g/mol. The van der Waals surface area contributed by atoms with Crippen molar-refractivity contribution in [3.05, 3.63) is 34.4 Å². The quantitative estimate of drug-likeness (QED) is 0.551. The Morgan fingerprint density at radius 3 is 2.87 bits per heavy atom. The summed E-state index contributed by atoms with van der Waals surface area (Å²) in [7, 11) is 0. The molecule has 1 aliphatic heterocycles. The van der Waals surface area contributed by atoms with E-state index < -0.39 is 4.92 Å². The summed E-state index contributed by atoms with van der Waals surface area (Å²) in [6.07, 6.45) is 0. The standard InChI is InChI=1S/C10H9NO4/c1-6(2)7-3-4-8-9(11(12)13)10(7)15-5-14-8/h3-4H,1,5H2,2H3. The summed E-state index contributed by atoms with van der Waals surface area (Å²) in [4.78, 5) is 10.3. The number of fused-ring (bicyclic) bond motifs is 2. The van der Waals surface area contributed by atoms with E-state index in [1.165, 1.54) is 0 Å². The molecule has 15 heavy (non-hydrogen) atoms. The molecule has 0 unspecified atom stereocenters. The highest BCUT2D eigenvalue weighted by Crippen LogP contribution is 2.44. The summed E-state index contributed by atoms with van der Waals surface area (Å²) in [5.74, 6) is 0.488. The molecule has 0 aliphatic carbocycles. The smallest absolute Gasteiger partial charge is 0.353 e. The third-order valence-electron chi connectivity index (χ3n) is 2.15. The van der Waals surface area contributed by atoms with Crippen LogP contribution in [0.3, 0.4) is 0 Å². The van der Waals surface area contributed by atoms with Gasteiger partial charge in [0.1, 0.15) is 0 Å². The Hall–Kier alpha value is -2.04. The van der Waals surface area contributed by atoms with E-state index in [-0.39, 0.29) is 24.0 Å². The molecular formula is C10H9NO4. The van der Waals surface area contributed by atoms with Crippen molar-refractivity contribution >= 4 is 11.3 Å². The van der Waals surface area contributed by atoms with Crippen molar-refractivity contribution in [2.24, 2.45) is 0 Å². The molecule has 1 aromatic rings. The number of allylic oxidation sites excluding steroid dienone is 1. The molecule has 5 heteroatoms. The molecule has 5 nitrogen and oxygen atoms in total. The predicted molar refractivity (Wildman–Crippen MR) is 53.9 cm³/mol. The molecule has 2 rings (SSSR count). The monoisotopic (exact) mass is 207 g/mol. The van der Waals surface area contributed by atoms with Crippen LogP contribution < -0.4 is 9.47 Å². The number of hydrogen-bond acceptors (Lipinski definition) is 4. The first-order valence-corrected chi connectivity index (χ1v) is 4.34. The molecule has 0 amide bonds. The van der Waals surface area contributed by atoms with Crippen LogP contribution in [0.1, 0.15) is 12.5 Å². The molecule has 78 valence electrons. The molecule has 2 bridgehead atoms. The van der Waals surface area contributed by atoms with Crippen molar-refractivity contribution in [1.29, 1.82) is 0 Å². The van der Waals surface area contributed by atoms with Crippen LogP contribution in [0.15, 0.2) is 18.7 Å². The predicted octanol–water partition coefficient (Wildman–Crippen LogP) is 2.36. The molecule has 0 aromatic heterocycles. The van der Waals surface area contributed by atoms with Gasteiger partial charge in [-0.15, -0.1) is 0 Å². The molecule has 0 saturated heterocycles. The molecule has 1 heterocycles. The van der Waals surface area contributed by atoms with Crippen molar-refractivity contribution in [3.8, 4) is 11.5 Å². The molecule has 0 saturated carbocycles. The average Bonchev–Trinajstić information content (AvgIpc) is 2.15. The summed E-state index contributed by atoms with van der Waals surface area (Å²) < 4.78 is 10.2. The lowest BCUT2D eigenvalue weighted by atomic mass is 10.1. The molecule has 0 N–H and O–H groups in total. The van der Waals surface area contributed by atoms with Crippen LogP contribution in [0.5, 0.6) is 11.5 Å². The van der Waals surface area contributed by atoms with Crippen molar-refractivity contribution in [3.63, 3.8) is 0 Å². The van der Waals surface area contributed by atoms with Crippen LogP contribution in [-0.2, 0) is 0 Å². The summed E-state index contributed by atoms with van der Waals surface area (Å²) in [6.45, 7) is 5.52. The summed E-state index contributed by atoms with van der Waals surface area (Å²) in [6, 6.07) is 3.27.